The Kier molecular flexibility index (Phi) is 2.79. The van der Waals surface area contributed by atoms with Crippen LogP contribution in [0.5, 0.6) is 5.75 Å². The number of aryl methyl sites for hydroxylation is 1. The molecule has 0 radical (unpaired) electrons. The fourth-order valence-electron chi connectivity index (χ4n) is 7.27. The second kappa shape index (κ2) is 4.46. The lowest BCUT2D eigenvalue weighted by atomic mass is 9.48. The predicted octanol–water partition coefficient (Wildman–Crippen LogP) is 4.61. The van der Waals surface area contributed by atoms with Crippen LogP contribution in [0.1, 0.15) is 63.0 Å². The van der Waals surface area contributed by atoms with Crippen LogP contribution < -0.4 is 4.74 Å². The lowest BCUT2D eigenvalue weighted by molar-refractivity contribution is -0.0909. The molecule has 0 unspecified atom stereocenters. The first-order valence-corrected chi connectivity index (χ1v) is 9.54. The zero-order chi connectivity index (χ0) is 16.7. The summed E-state index contributed by atoms with van der Waals surface area (Å²) in [5.74, 6) is 2.32. The van der Waals surface area contributed by atoms with Gasteiger partial charge >= 0.3 is 0 Å². The van der Waals surface area contributed by atoms with E-state index in [0.29, 0.717) is 11.8 Å². The van der Waals surface area contributed by atoms with Gasteiger partial charge in [-0.15, -0.1) is 0 Å². The minimum Gasteiger partial charge on any atom is -0.497 e. The summed E-state index contributed by atoms with van der Waals surface area (Å²) in [5, 5.41) is 11.4. The molecule has 1 aromatic carbocycles. The number of rotatable bonds is 1. The van der Waals surface area contributed by atoms with Crippen molar-refractivity contribution in [3.8, 4) is 5.75 Å². The Hall–Kier alpha value is -1.28. The van der Waals surface area contributed by atoms with Crippen molar-refractivity contribution in [1.29, 1.82) is 0 Å². The number of hydrogen-bond donors (Lipinski definition) is 1. The van der Waals surface area contributed by atoms with E-state index < -0.39 is 5.60 Å². The van der Waals surface area contributed by atoms with Crippen LogP contribution in [0.25, 0.3) is 0 Å². The van der Waals surface area contributed by atoms with Crippen LogP contribution in [0.4, 0.5) is 0 Å². The molecule has 24 heavy (non-hydrogen) atoms. The van der Waals surface area contributed by atoms with Crippen LogP contribution in [-0.2, 0) is 6.42 Å². The lowest BCUT2D eigenvalue weighted by Gasteiger charge is -2.56. The van der Waals surface area contributed by atoms with Gasteiger partial charge in [0.25, 0.3) is 0 Å². The van der Waals surface area contributed by atoms with Crippen LogP contribution in [0.2, 0.25) is 0 Å². The molecule has 4 aliphatic carbocycles. The molecule has 2 fully saturated rings. The first-order valence-electron chi connectivity index (χ1n) is 9.54. The normalized spacial score (nSPS) is 45.2. The second-order valence-corrected chi connectivity index (χ2v) is 8.92. The molecule has 2 bridgehead atoms. The third-order valence-electron chi connectivity index (χ3n) is 8.54. The lowest BCUT2D eigenvalue weighted by Crippen LogP contribution is -2.52. The molecule has 2 saturated carbocycles. The molecule has 1 N–H and O–H groups in total. The molecule has 5 atom stereocenters. The van der Waals surface area contributed by atoms with Crippen LogP contribution in [-0.4, -0.2) is 17.8 Å². The Bertz CT molecular complexity index is 750. The molecule has 0 saturated heterocycles. The second-order valence-electron chi connectivity index (χ2n) is 8.92. The van der Waals surface area contributed by atoms with Gasteiger partial charge in [0, 0.05) is 10.8 Å². The van der Waals surface area contributed by atoms with Crippen LogP contribution in [0.3, 0.4) is 0 Å². The molecule has 2 nitrogen and oxygen atoms in total. The number of benzene rings is 1. The maximum absolute atomic E-state index is 11.4. The van der Waals surface area contributed by atoms with E-state index in [1.165, 1.54) is 30.4 Å². The number of methoxy groups -OCH3 is 1. The summed E-state index contributed by atoms with van der Waals surface area (Å²) in [6, 6.07) is 6.70. The highest BCUT2D eigenvalue weighted by Gasteiger charge is 2.72. The molecule has 0 amide bonds. The fraction of sp³-hybridized carbons (Fsp3) is 0.636. The van der Waals surface area contributed by atoms with Gasteiger partial charge in [-0.25, -0.2) is 0 Å². The number of allylic oxidation sites excluding steroid dienone is 1. The van der Waals surface area contributed by atoms with Crippen molar-refractivity contribution in [3.63, 3.8) is 0 Å². The molecular formula is C22H28O2. The minimum absolute atomic E-state index is 0.0508. The highest BCUT2D eigenvalue weighted by Crippen LogP contribution is 2.76. The Morgan fingerprint density at radius 2 is 2.00 bits per heavy atom. The molecule has 0 aromatic heterocycles. The van der Waals surface area contributed by atoms with Gasteiger partial charge in [0.05, 0.1) is 12.7 Å². The van der Waals surface area contributed by atoms with Gasteiger partial charge in [0.2, 0.25) is 0 Å². The van der Waals surface area contributed by atoms with E-state index in [-0.39, 0.29) is 10.8 Å². The van der Waals surface area contributed by atoms with Crippen molar-refractivity contribution in [3.05, 3.63) is 41.0 Å². The molecule has 0 aliphatic heterocycles. The zero-order valence-electron chi connectivity index (χ0n) is 15.1. The molecule has 1 aromatic rings. The molecule has 4 aliphatic rings. The van der Waals surface area contributed by atoms with Gasteiger partial charge in [-0.3, -0.25) is 0 Å². The smallest absolute Gasteiger partial charge is 0.119 e. The minimum atomic E-state index is -0.543. The average molecular weight is 324 g/mol. The Labute approximate surface area is 144 Å². The van der Waals surface area contributed by atoms with E-state index in [4.69, 9.17) is 4.74 Å². The number of fused-ring (bicyclic) bond motifs is 3. The van der Waals surface area contributed by atoms with Crippen LogP contribution in [0.15, 0.2) is 29.8 Å². The Balaban J connectivity index is 1.62. The highest BCUT2D eigenvalue weighted by molar-refractivity contribution is 5.46. The summed E-state index contributed by atoms with van der Waals surface area (Å²) in [4.78, 5) is 0. The Morgan fingerprint density at radius 1 is 1.17 bits per heavy atom. The molecular weight excluding hydrogens is 296 g/mol. The van der Waals surface area contributed by atoms with E-state index in [1.807, 2.05) is 0 Å². The third kappa shape index (κ3) is 1.44. The van der Waals surface area contributed by atoms with Gasteiger partial charge in [-0.05, 0) is 86.1 Å². The first kappa shape index (κ1) is 15.0. The molecule has 0 spiro atoms. The first-order chi connectivity index (χ1) is 11.5. The van der Waals surface area contributed by atoms with Crippen LogP contribution in [0, 0.1) is 16.7 Å². The predicted molar refractivity (Wildman–Crippen MR) is 95.3 cm³/mol. The molecule has 128 valence electrons. The third-order valence-corrected chi connectivity index (χ3v) is 8.54. The summed E-state index contributed by atoms with van der Waals surface area (Å²) < 4.78 is 5.43. The van der Waals surface area contributed by atoms with Gasteiger partial charge < -0.3 is 9.84 Å². The highest BCUT2D eigenvalue weighted by atomic mass is 16.5. The number of aliphatic hydroxyl groups is 1. The van der Waals surface area contributed by atoms with E-state index >= 15 is 0 Å². The topological polar surface area (TPSA) is 29.5 Å². The number of ether oxygens (including phenoxy) is 1. The van der Waals surface area contributed by atoms with E-state index in [0.717, 1.165) is 25.0 Å². The summed E-state index contributed by atoms with van der Waals surface area (Å²) in [7, 11) is 1.75. The van der Waals surface area contributed by atoms with E-state index in [1.54, 1.807) is 12.7 Å². The van der Waals surface area contributed by atoms with Crippen molar-refractivity contribution in [2.75, 3.05) is 7.11 Å². The standard InChI is InChI=1S/C22H28O2/c1-14-13-21-10-11-22(14,23)20(21,2)9-8-18-17-6-5-16(24-3)12-15(17)4-7-19(18)21/h5-6,12-13,18-19,23H,4,7-11H2,1-3H3/t18-,19-,20+,21+,22+/m1/s1. The maximum atomic E-state index is 11.4. The van der Waals surface area contributed by atoms with Crippen molar-refractivity contribution in [2.45, 2.75) is 63.9 Å². The van der Waals surface area contributed by atoms with Crippen molar-refractivity contribution in [1.82, 2.24) is 0 Å². The van der Waals surface area contributed by atoms with Crippen molar-refractivity contribution < 1.29 is 9.84 Å². The maximum Gasteiger partial charge on any atom is 0.119 e. The molecule has 2 heteroatoms. The monoisotopic (exact) mass is 324 g/mol. The zero-order valence-corrected chi connectivity index (χ0v) is 15.1. The SMILES string of the molecule is COc1ccc2c(c1)CC[C@@H]1[C@@H]2CC[C@]2(C)[C@]3(O)CC[C@]12C=C3C. The molecule has 0 heterocycles. The quantitative estimate of drug-likeness (QED) is 0.764. The fourth-order valence-corrected chi connectivity index (χ4v) is 7.27. The van der Waals surface area contributed by atoms with Crippen LogP contribution >= 0.6 is 0 Å². The van der Waals surface area contributed by atoms with Gasteiger partial charge in [-0.1, -0.05) is 19.1 Å². The summed E-state index contributed by atoms with van der Waals surface area (Å²) in [6.45, 7) is 4.55. The van der Waals surface area contributed by atoms with Gasteiger partial charge in [-0.2, -0.15) is 0 Å². The van der Waals surface area contributed by atoms with Gasteiger partial charge in [0.15, 0.2) is 0 Å². The van der Waals surface area contributed by atoms with E-state index in [2.05, 4.69) is 38.1 Å². The summed E-state index contributed by atoms with van der Waals surface area (Å²) in [5.41, 5.74) is 4.01. The number of hydrogen-bond acceptors (Lipinski definition) is 2. The van der Waals surface area contributed by atoms with E-state index in [9.17, 15) is 5.11 Å². The summed E-state index contributed by atoms with van der Waals surface area (Å²) in [6.07, 6.45) is 9.39. The summed E-state index contributed by atoms with van der Waals surface area (Å²) >= 11 is 0. The van der Waals surface area contributed by atoms with Gasteiger partial charge in [0.1, 0.15) is 5.75 Å². The molecule has 5 rings (SSSR count). The van der Waals surface area contributed by atoms with Crippen molar-refractivity contribution >= 4 is 0 Å². The average Bonchev–Trinajstić information content (AvgIpc) is 2.93. The largest absolute Gasteiger partial charge is 0.497 e. The van der Waals surface area contributed by atoms with Crippen molar-refractivity contribution in [2.24, 2.45) is 16.7 Å². The Morgan fingerprint density at radius 3 is 2.75 bits per heavy atom.